The van der Waals surface area contributed by atoms with Gasteiger partial charge >= 0.3 is 0 Å². The maximum atomic E-state index is 13.3. The van der Waals surface area contributed by atoms with Crippen LogP contribution in [0.25, 0.3) is 16.6 Å². The number of fused-ring (bicyclic) bond motifs is 1. The molecule has 0 fully saturated rings. The Bertz CT molecular complexity index is 894. The second-order valence-electron chi connectivity index (χ2n) is 5.91. The van der Waals surface area contributed by atoms with Crippen LogP contribution in [0.3, 0.4) is 0 Å². The first-order valence-electron chi connectivity index (χ1n) is 8.53. The van der Waals surface area contributed by atoms with E-state index in [2.05, 4.69) is 9.82 Å². The minimum absolute atomic E-state index is 0.291. The smallest absolute Gasteiger partial charge is 0.168 e. The third-order valence-electron chi connectivity index (χ3n) is 3.43. The third-order valence-corrected chi connectivity index (χ3v) is 5.05. The summed E-state index contributed by atoms with van der Waals surface area (Å²) in [6.07, 6.45) is 1.74. The maximum Gasteiger partial charge on any atom is 0.168 e. The largest absolute Gasteiger partial charge is 0.287 e. The van der Waals surface area contributed by atoms with E-state index in [1.165, 1.54) is 12.1 Å². The highest BCUT2D eigenvalue weighted by atomic mass is 35.5. The summed E-state index contributed by atoms with van der Waals surface area (Å²) in [6, 6.07) is 9.62. The van der Waals surface area contributed by atoms with Crippen LogP contribution in [0.1, 0.15) is 27.7 Å². The van der Waals surface area contributed by atoms with Gasteiger partial charge in [0, 0.05) is 17.0 Å². The topological polar surface area (TPSA) is 46.4 Å². The van der Waals surface area contributed by atoms with Gasteiger partial charge in [0.2, 0.25) is 0 Å². The number of anilines is 1. The van der Waals surface area contributed by atoms with Crippen LogP contribution in [0.5, 0.6) is 0 Å². The Balaban J connectivity index is 0.00000117. The molecule has 2 heterocycles. The zero-order valence-corrected chi connectivity index (χ0v) is 16.9. The van der Waals surface area contributed by atoms with E-state index in [1.54, 1.807) is 35.0 Å². The lowest BCUT2D eigenvalue weighted by Gasteiger charge is -2.08. The molecule has 3 aromatic rings. The van der Waals surface area contributed by atoms with Crippen molar-refractivity contribution in [1.29, 1.82) is 0 Å². The van der Waals surface area contributed by atoms with Crippen molar-refractivity contribution in [3.8, 4) is 11.1 Å². The highest BCUT2D eigenvalue weighted by Gasteiger charge is 2.17. The van der Waals surface area contributed by atoms with Crippen molar-refractivity contribution in [3.63, 3.8) is 0 Å². The van der Waals surface area contributed by atoms with Gasteiger partial charge in [0.25, 0.3) is 0 Å². The normalized spacial score (nSPS) is 12.0. The molecule has 7 heteroatoms. The first-order valence-corrected chi connectivity index (χ1v) is 10.2. The average Bonchev–Trinajstić information content (AvgIpc) is 2.93. The first kappa shape index (κ1) is 20.4. The predicted molar refractivity (Wildman–Crippen MR) is 108 cm³/mol. The lowest BCUT2D eigenvalue weighted by atomic mass is 10.1. The zero-order valence-electron chi connectivity index (χ0n) is 15.3. The Morgan fingerprint density at radius 1 is 1.23 bits per heavy atom. The Hall–Kier alpha value is -1.92. The fourth-order valence-electron chi connectivity index (χ4n) is 2.44. The molecule has 0 amide bonds. The van der Waals surface area contributed by atoms with E-state index in [0.717, 1.165) is 16.6 Å². The molecule has 140 valence electrons. The Labute approximate surface area is 161 Å². The van der Waals surface area contributed by atoms with Gasteiger partial charge < -0.3 is 0 Å². The van der Waals surface area contributed by atoms with Gasteiger partial charge in [-0.2, -0.15) is 0 Å². The van der Waals surface area contributed by atoms with Gasteiger partial charge in [-0.1, -0.05) is 51.4 Å². The predicted octanol–water partition coefficient (Wildman–Crippen LogP) is 5.55. The molecule has 0 saturated carbocycles. The van der Waals surface area contributed by atoms with Crippen molar-refractivity contribution in [2.75, 3.05) is 10.5 Å². The summed E-state index contributed by atoms with van der Waals surface area (Å²) in [5, 5.41) is 5.03. The lowest BCUT2D eigenvalue weighted by molar-refractivity contribution is 0.628. The van der Waals surface area contributed by atoms with Crippen LogP contribution in [-0.2, 0) is 11.0 Å². The molecule has 1 atom stereocenters. The van der Waals surface area contributed by atoms with E-state index in [4.69, 9.17) is 11.6 Å². The molecule has 3 rings (SSSR count). The number of pyridine rings is 1. The quantitative estimate of drug-likeness (QED) is 0.615. The second kappa shape index (κ2) is 9.14. The van der Waals surface area contributed by atoms with Crippen molar-refractivity contribution in [2.45, 2.75) is 27.7 Å². The van der Waals surface area contributed by atoms with Crippen molar-refractivity contribution in [2.24, 2.45) is 5.92 Å². The number of aromatic nitrogens is 2. The summed E-state index contributed by atoms with van der Waals surface area (Å²) in [7, 11) is -1.25. The number of hydrogen-bond donors (Lipinski definition) is 1. The minimum atomic E-state index is -1.25. The summed E-state index contributed by atoms with van der Waals surface area (Å²) in [5.41, 5.74) is 2.28. The maximum absolute atomic E-state index is 13.3. The van der Waals surface area contributed by atoms with Crippen LogP contribution in [-0.4, -0.2) is 19.6 Å². The number of nitrogens with zero attached hydrogens (tertiary/aromatic N) is 2. The van der Waals surface area contributed by atoms with Crippen LogP contribution < -0.4 is 4.72 Å². The highest BCUT2D eigenvalue weighted by Crippen LogP contribution is 2.33. The Morgan fingerprint density at radius 3 is 2.50 bits per heavy atom. The van der Waals surface area contributed by atoms with Crippen molar-refractivity contribution in [3.05, 3.63) is 53.4 Å². The van der Waals surface area contributed by atoms with Gasteiger partial charge in [-0.05, 0) is 35.7 Å². The van der Waals surface area contributed by atoms with Gasteiger partial charge in [-0.3, -0.25) is 4.72 Å². The number of benzene rings is 1. The van der Waals surface area contributed by atoms with Gasteiger partial charge in [-0.15, -0.1) is 5.10 Å². The van der Waals surface area contributed by atoms with E-state index >= 15 is 0 Å². The summed E-state index contributed by atoms with van der Waals surface area (Å²) in [5.74, 6) is 0.977. The van der Waals surface area contributed by atoms with E-state index in [-0.39, 0.29) is 5.82 Å². The third kappa shape index (κ3) is 4.83. The van der Waals surface area contributed by atoms with Crippen LogP contribution in [0, 0.1) is 11.7 Å². The summed E-state index contributed by atoms with van der Waals surface area (Å²) in [6.45, 7) is 8.01. The molecule has 26 heavy (non-hydrogen) atoms. The Morgan fingerprint density at radius 2 is 1.88 bits per heavy atom. The molecule has 0 radical (unpaired) electrons. The molecule has 0 bridgehead atoms. The van der Waals surface area contributed by atoms with Crippen LogP contribution >= 0.6 is 11.6 Å². The molecule has 1 aromatic carbocycles. The molecule has 1 unspecified atom stereocenters. The fourth-order valence-corrected chi connectivity index (χ4v) is 3.65. The minimum Gasteiger partial charge on any atom is -0.287 e. The number of hydrogen-bond acceptors (Lipinski definition) is 2. The number of rotatable bonds is 5. The molecular formula is C19H23ClFN3OS. The number of halogens is 2. The van der Waals surface area contributed by atoms with Gasteiger partial charge in [0.1, 0.15) is 16.8 Å². The molecule has 0 spiro atoms. The van der Waals surface area contributed by atoms with E-state index in [9.17, 15) is 8.60 Å². The second-order valence-corrected chi connectivity index (χ2v) is 7.58. The van der Waals surface area contributed by atoms with E-state index in [0.29, 0.717) is 22.5 Å². The highest BCUT2D eigenvalue weighted by molar-refractivity contribution is 7.86. The Kier molecular flexibility index (Phi) is 7.17. The van der Waals surface area contributed by atoms with Crippen LogP contribution in [0.4, 0.5) is 10.2 Å². The van der Waals surface area contributed by atoms with Crippen molar-refractivity contribution in [1.82, 2.24) is 9.61 Å². The van der Waals surface area contributed by atoms with Crippen LogP contribution in [0.15, 0.2) is 42.6 Å². The van der Waals surface area contributed by atoms with Gasteiger partial charge in [-0.25, -0.2) is 13.1 Å². The molecular weight excluding hydrogens is 373 g/mol. The van der Waals surface area contributed by atoms with E-state index in [1.807, 2.05) is 27.7 Å². The average molecular weight is 396 g/mol. The molecule has 2 aromatic heterocycles. The summed E-state index contributed by atoms with van der Waals surface area (Å²) >= 11 is 6.11. The first-order chi connectivity index (χ1) is 12.4. The molecule has 0 aliphatic carbocycles. The molecule has 4 nitrogen and oxygen atoms in total. The van der Waals surface area contributed by atoms with Gasteiger partial charge in [0.15, 0.2) is 5.82 Å². The zero-order chi connectivity index (χ0) is 19.3. The van der Waals surface area contributed by atoms with Crippen molar-refractivity contribution >= 4 is 33.9 Å². The molecule has 0 saturated heterocycles. The SMILES string of the molecule is CC.CC(C)CS(=O)Nc1nn2ccc(Cl)cc2c1-c1ccc(F)cc1. The van der Waals surface area contributed by atoms with E-state index < -0.39 is 11.0 Å². The fraction of sp³-hybridized carbons (Fsp3) is 0.316. The number of nitrogens with one attached hydrogen (secondary N) is 1. The van der Waals surface area contributed by atoms with Gasteiger partial charge in [0.05, 0.1) is 11.1 Å². The van der Waals surface area contributed by atoms with Crippen LogP contribution in [0.2, 0.25) is 5.02 Å². The molecule has 0 aliphatic rings. The monoisotopic (exact) mass is 395 g/mol. The lowest BCUT2D eigenvalue weighted by Crippen LogP contribution is -2.13. The standard InChI is InChI=1S/C17H17ClFN3OS.C2H6/c1-11(2)10-24(23)21-17-16(12-3-5-14(19)6-4-12)15-9-13(18)7-8-22(15)20-17;1-2/h3-9,11H,10H2,1-2H3,(H,20,21);1-2H3. The van der Waals surface area contributed by atoms with Crippen molar-refractivity contribution < 1.29 is 8.60 Å². The summed E-state index contributed by atoms with van der Waals surface area (Å²) < 4.78 is 30.2. The molecule has 1 N–H and O–H groups in total. The molecule has 0 aliphatic heterocycles. The summed E-state index contributed by atoms with van der Waals surface area (Å²) in [4.78, 5) is 0.